The Bertz CT molecular complexity index is 407. The first-order valence-electron chi connectivity index (χ1n) is 4.55. The van der Waals surface area contributed by atoms with Crippen LogP contribution in [0.25, 0.3) is 0 Å². The van der Waals surface area contributed by atoms with Crippen molar-refractivity contribution in [2.75, 3.05) is 6.61 Å². The Hall–Kier alpha value is -1.88. The van der Waals surface area contributed by atoms with Gasteiger partial charge in [-0.3, -0.25) is 10.3 Å². The first kappa shape index (κ1) is 9.67. The molecule has 0 bridgehead atoms. The average Bonchev–Trinajstić information content (AvgIpc) is 2.71. The van der Waals surface area contributed by atoms with E-state index in [9.17, 15) is 4.79 Å². The average molecular weight is 206 g/mol. The summed E-state index contributed by atoms with van der Waals surface area (Å²) in [4.78, 5) is 20.0. The van der Waals surface area contributed by atoms with Gasteiger partial charge in [0.2, 0.25) is 0 Å². The summed E-state index contributed by atoms with van der Waals surface area (Å²) in [5.41, 5.74) is 3.26. The number of benzene rings is 1. The van der Waals surface area contributed by atoms with Crippen LogP contribution in [-0.2, 0) is 4.84 Å². The molecule has 1 aromatic rings. The molecule has 78 valence electrons. The topological polar surface area (TPSA) is 70.9 Å². The van der Waals surface area contributed by atoms with E-state index in [1.807, 2.05) is 0 Å². The molecule has 1 fully saturated rings. The van der Waals surface area contributed by atoms with Crippen molar-refractivity contribution in [3.8, 4) is 0 Å². The third-order valence-electron chi connectivity index (χ3n) is 2.02. The molecule has 5 heteroatoms. The molecule has 5 nitrogen and oxygen atoms in total. The fraction of sp³-hybridized carbons (Fsp3) is 0.200. The molecule has 1 aliphatic rings. The van der Waals surface area contributed by atoms with E-state index in [-0.39, 0.29) is 5.56 Å². The zero-order valence-electron chi connectivity index (χ0n) is 7.93. The molecule has 1 aromatic carbocycles. The second-order valence-corrected chi connectivity index (χ2v) is 3.08. The summed E-state index contributed by atoms with van der Waals surface area (Å²) < 4.78 is 0. The van der Waals surface area contributed by atoms with Crippen molar-refractivity contribution >= 4 is 17.5 Å². The first-order valence-corrected chi connectivity index (χ1v) is 4.55. The molecule has 1 heterocycles. The fourth-order valence-corrected chi connectivity index (χ4v) is 1.31. The third-order valence-corrected chi connectivity index (χ3v) is 2.02. The lowest BCUT2D eigenvalue weighted by Gasteiger charge is -2.01. The van der Waals surface area contributed by atoms with Crippen LogP contribution in [0.2, 0.25) is 0 Å². The summed E-state index contributed by atoms with van der Waals surface area (Å²) in [6.45, 7) is 0.564. The van der Waals surface area contributed by atoms with Crippen molar-refractivity contribution in [1.29, 1.82) is 0 Å². The predicted molar refractivity (Wildman–Crippen MR) is 54.2 cm³/mol. The zero-order chi connectivity index (χ0) is 10.7. The number of aliphatic imine (C=N–C) groups is 1. The highest BCUT2D eigenvalue weighted by Crippen LogP contribution is 2.19. The molecule has 15 heavy (non-hydrogen) atoms. The third kappa shape index (κ3) is 2.13. The number of hydrogen-bond acceptors (Lipinski definition) is 3. The Balaban J connectivity index is 2.34. The molecule has 0 unspecified atom stereocenters. The van der Waals surface area contributed by atoms with Gasteiger partial charge in [-0.05, 0) is 12.1 Å². The molecule has 2 N–H and O–H groups in total. The van der Waals surface area contributed by atoms with E-state index in [2.05, 4.69) is 10.5 Å². The summed E-state index contributed by atoms with van der Waals surface area (Å²) in [5.74, 6) is -0.322. The summed E-state index contributed by atoms with van der Waals surface area (Å²) in [7, 11) is 0. The molecule has 0 spiro atoms. The Labute approximate surface area is 86.4 Å². The van der Waals surface area contributed by atoms with Crippen molar-refractivity contribution < 1.29 is 14.7 Å². The summed E-state index contributed by atoms with van der Waals surface area (Å²) in [5, 5.41) is 8.92. The Morgan fingerprint density at radius 1 is 1.47 bits per heavy atom. The van der Waals surface area contributed by atoms with Gasteiger partial charge in [0, 0.05) is 6.42 Å². The predicted octanol–water partition coefficient (Wildman–Crippen LogP) is 1.34. The minimum Gasteiger partial charge on any atom is -0.478 e. The van der Waals surface area contributed by atoms with Gasteiger partial charge in [0.15, 0.2) is 0 Å². The van der Waals surface area contributed by atoms with Gasteiger partial charge in [0.1, 0.15) is 5.84 Å². The van der Waals surface area contributed by atoms with Gasteiger partial charge in [0.05, 0.1) is 17.9 Å². The van der Waals surface area contributed by atoms with Crippen molar-refractivity contribution in [2.24, 2.45) is 4.99 Å². The number of hydroxylamine groups is 1. The largest absolute Gasteiger partial charge is 0.478 e. The fourth-order valence-electron chi connectivity index (χ4n) is 1.31. The Morgan fingerprint density at radius 3 is 2.93 bits per heavy atom. The highest BCUT2D eigenvalue weighted by molar-refractivity contribution is 5.95. The van der Waals surface area contributed by atoms with Crippen LogP contribution in [0.3, 0.4) is 0 Å². The molecule has 0 amide bonds. The zero-order valence-corrected chi connectivity index (χ0v) is 7.93. The Kier molecular flexibility index (Phi) is 2.64. The van der Waals surface area contributed by atoms with Gasteiger partial charge in [-0.2, -0.15) is 0 Å². The van der Waals surface area contributed by atoms with Crippen LogP contribution < -0.4 is 5.48 Å². The second kappa shape index (κ2) is 4.10. The van der Waals surface area contributed by atoms with E-state index in [1.54, 1.807) is 18.2 Å². The smallest absolute Gasteiger partial charge is 0.337 e. The molecule has 0 aliphatic carbocycles. The van der Waals surface area contributed by atoms with E-state index in [0.717, 1.165) is 0 Å². The van der Waals surface area contributed by atoms with Crippen molar-refractivity contribution in [2.45, 2.75) is 6.42 Å². The highest BCUT2D eigenvalue weighted by Gasteiger charge is 2.11. The van der Waals surface area contributed by atoms with Crippen molar-refractivity contribution in [3.63, 3.8) is 0 Å². The maximum atomic E-state index is 10.9. The highest BCUT2D eigenvalue weighted by atomic mass is 16.7. The second-order valence-electron chi connectivity index (χ2n) is 3.08. The SMILES string of the molecule is O=C(O)c1ccccc1N=C1CCON1. The molecule has 0 saturated carbocycles. The number of hydrogen-bond donors (Lipinski definition) is 2. The van der Waals surface area contributed by atoms with Crippen LogP contribution in [0.5, 0.6) is 0 Å². The van der Waals surface area contributed by atoms with Crippen LogP contribution in [-0.4, -0.2) is 23.5 Å². The van der Waals surface area contributed by atoms with Crippen LogP contribution in [0, 0.1) is 0 Å². The quantitative estimate of drug-likeness (QED) is 0.766. The van der Waals surface area contributed by atoms with Crippen LogP contribution in [0.15, 0.2) is 29.3 Å². The number of nitrogens with one attached hydrogen (secondary N) is 1. The van der Waals surface area contributed by atoms with Gasteiger partial charge in [0.25, 0.3) is 0 Å². The normalized spacial score (nSPS) is 17.7. The molecular formula is C10H10N2O3. The molecule has 2 rings (SSSR count). The number of carboxylic acid groups (broad SMARTS) is 1. The van der Waals surface area contributed by atoms with Gasteiger partial charge < -0.3 is 5.11 Å². The maximum Gasteiger partial charge on any atom is 0.337 e. The summed E-state index contributed by atoms with van der Waals surface area (Å²) >= 11 is 0. The number of aromatic carboxylic acids is 1. The summed E-state index contributed by atoms with van der Waals surface area (Å²) in [6.07, 6.45) is 0.675. The van der Waals surface area contributed by atoms with Crippen molar-refractivity contribution in [1.82, 2.24) is 5.48 Å². The monoisotopic (exact) mass is 206 g/mol. The molecule has 0 aromatic heterocycles. The molecule has 0 atom stereocenters. The number of carbonyl (C=O) groups is 1. The van der Waals surface area contributed by atoms with E-state index in [1.165, 1.54) is 6.07 Å². The van der Waals surface area contributed by atoms with E-state index in [4.69, 9.17) is 9.94 Å². The van der Waals surface area contributed by atoms with Gasteiger partial charge in [-0.1, -0.05) is 12.1 Å². The lowest BCUT2D eigenvalue weighted by Crippen LogP contribution is -2.12. The van der Waals surface area contributed by atoms with Crippen LogP contribution in [0.1, 0.15) is 16.8 Å². The molecule has 0 radical (unpaired) electrons. The molecule has 1 saturated heterocycles. The lowest BCUT2D eigenvalue weighted by molar-refractivity contribution is 0.0698. The van der Waals surface area contributed by atoms with E-state index < -0.39 is 5.97 Å². The number of carboxylic acids is 1. The number of rotatable bonds is 2. The minimum absolute atomic E-state index is 0.193. The number of amidine groups is 1. The lowest BCUT2D eigenvalue weighted by atomic mass is 10.2. The maximum absolute atomic E-state index is 10.9. The van der Waals surface area contributed by atoms with E-state index in [0.29, 0.717) is 24.6 Å². The number of nitrogens with zero attached hydrogens (tertiary/aromatic N) is 1. The van der Waals surface area contributed by atoms with Gasteiger partial charge in [-0.15, -0.1) is 0 Å². The molecule has 1 aliphatic heterocycles. The van der Waals surface area contributed by atoms with Gasteiger partial charge >= 0.3 is 5.97 Å². The van der Waals surface area contributed by atoms with Crippen LogP contribution >= 0.6 is 0 Å². The van der Waals surface area contributed by atoms with Crippen LogP contribution in [0.4, 0.5) is 5.69 Å². The first-order chi connectivity index (χ1) is 7.27. The van der Waals surface area contributed by atoms with E-state index >= 15 is 0 Å². The minimum atomic E-state index is -0.978. The Morgan fingerprint density at radius 2 is 2.27 bits per heavy atom. The standard InChI is InChI=1S/C10H10N2O3/c13-10(14)7-3-1-2-4-8(7)11-9-5-6-15-12-9/h1-4H,5-6H2,(H,11,12)(H,13,14). The molecular weight excluding hydrogens is 196 g/mol. The summed E-state index contributed by atoms with van der Waals surface area (Å²) in [6, 6.07) is 6.61. The number of para-hydroxylation sites is 1. The van der Waals surface area contributed by atoms with Gasteiger partial charge in [-0.25, -0.2) is 9.79 Å². The van der Waals surface area contributed by atoms with Crippen molar-refractivity contribution in [3.05, 3.63) is 29.8 Å².